The van der Waals surface area contributed by atoms with Gasteiger partial charge in [-0.25, -0.2) is 4.98 Å². The molecule has 0 fully saturated rings. The van der Waals surface area contributed by atoms with Crippen LogP contribution in [0, 0.1) is 11.8 Å². The summed E-state index contributed by atoms with van der Waals surface area (Å²) in [4.78, 5) is 28.6. The Hall–Kier alpha value is -1.73. The molecule has 2 aromatic rings. The summed E-state index contributed by atoms with van der Waals surface area (Å²) < 4.78 is 0. The van der Waals surface area contributed by atoms with Gasteiger partial charge >= 0.3 is 5.97 Å². The zero-order valence-electron chi connectivity index (χ0n) is 12.4. The molecular formula is C15H18N2O3S2. The maximum Gasteiger partial charge on any atom is 0.308 e. The number of nitrogens with one attached hydrogen (secondary N) is 1. The molecule has 1 unspecified atom stereocenters. The van der Waals surface area contributed by atoms with Crippen molar-refractivity contribution >= 4 is 34.6 Å². The monoisotopic (exact) mass is 338 g/mol. The molecule has 0 aliphatic heterocycles. The first kappa shape index (κ1) is 16.6. The van der Waals surface area contributed by atoms with E-state index in [4.69, 9.17) is 0 Å². The van der Waals surface area contributed by atoms with Crippen molar-refractivity contribution in [1.29, 1.82) is 0 Å². The largest absolute Gasteiger partial charge is 0.481 e. The number of carboxylic acids is 1. The lowest BCUT2D eigenvalue weighted by molar-refractivity contribution is -0.142. The Labute approximate surface area is 137 Å². The average Bonchev–Trinajstić information content (AvgIpc) is 3.11. The smallest absolute Gasteiger partial charge is 0.308 e. The average molecular weight is 338 g/mol. The molecule has 0 saturated carbocycles. The molecule has 1 amide bonds. The normalized spacial score (nSPS) is 12.3. The molecule has 2 aromatic heterocycles. The van der Waals surface area contributed by atoms with Gasteiger partial charge in [0.25, 0.3) is 5.91 Å². The highest BCUT2D eigenvalue weighted by Gasteiger charge is 2.21. The molecule has 0 aromatic carbocycles. The van der Waals surface area contributed by atoms with Gasteiger partial charge in [0, 0.05) is 11.9 Å². The van der Waals surface area contributed by atoms with Crippen LogP contribution >= 0.6 is 22.7 Å². The highest BCUT2D eigenvalue weighted by molar-refractivity contribution is 7.20. The van der Waals surface area contributed by atoms with E-state index < -0.39 is 11.9 Å². The number of hydrogen-bond donors (Lipinski definition) is 2. The van der Waals surface area contributed by atoms with Crippen molar-refractivity contribution in [2.45, 2.75) is 20.3 Å². The second-order valence-corrected chi connectivity index (χ2v) is 7.20. The summed E-state index contributed by atoms with van der Waals surface area (Å²) in [5, 5.41) is 16.3. The SMILES string of the molecule is CC(C)CC(CNC(=O)c1csc(-c2cccs2)n1)C(=O)O. The van der Waals surface area contributed by atoms with Gasteiger partial charge < -0.3 is 10.4 Å². The minimum Gasteiger partial charge on any atom is -0.481 e. The number of rotatable bonds is 7. The minimum atomic E-state index is -0.883. The Balaban J connectivity index is 1.96. The molecule has 2 heterocycles. The van der Waals surface area contributed by atoms with E-state index in [-0.39, 0.29) is 18.4 Å². The van der Waals surface area contributed by atoms with Gasteiger partial charge in [0.2, 0.25) is 0 Å². The van der Waals surface area contributed by atoms with Crippen molar-refractivity contribution in [3.8, 4) is 9.88 Å². The minimum absolute atomic E-state index is 0.123. The van der Waals surface area contributed by atoms with Crippen LogP contribution in [0.3, 0.4) is 0 Å². The molecule has 0 spiro atoms. The Morgan fingerprint density at radius 1 is 1.36 bits per heavy atom. The number of carboxylic acid groups (broad SMARTS) is 1. The maximum atomic E-state index is 12.1. The van der Waals surface area contributed by atoms with Crippen LogP contribution in [-0.4, -0.2) is 28.5 Å². The van der Waals surface area contributed by atoms with Gasteiger partial charge in [0.15, 0.2) is 0 Å². The van der Waals surface area contributed by atoms with Crippen LogP contribution in [0.5, 0.6) is 0 Å². The van der Waals surface area contributed by atoms with E-state index in [2.05, 4.69) is 10.3 Å². The predicted molar refractivity (Wildman–Crippen MR) is 88.3 cm³/mol. The summed E-state index contributed by atoms with van der Waals surface area (Å²) in [6, 6.07) is 3.89. The highest BCUT2D eigenvalue weighted by atomic mass is 32.1. The number of aliphatic carboxylic acids is 1. The zero-order chi connectivity index (χ0) is 16.1. The number of carbonyl (C=O) groups is 2. The fourth-order valence-electron chi connectivity index (χ4n) is 2.04. The van der Waals surface area contributed by atoms with E-state index in [9.17, 15) is 14.7 Å². The molecule has 0 aliphatic carbocycles. The second kappa shape index (κ2) is 7.51. The first-order chi connectivity index (χ1) is 10.5. The van der Waals surface area contributed by atoms with Crippen LogP contribution in [-0.2, 0) is 4.79 Å². The fraction of sp³-hybridized carbons (Fsp3) is 0.400. The Kier molecular flexibility index (Phi) is 5.68. The molecule has 0 radical (unpaired) electrons. The molecule has 22 heavy (non-hydrogen) atoms. The van der Waals surface area contributed by atoms with Crippen molar-refractivity contribution in [3.05, 3.63) is 28.6 Å². The van der Waals surface area contributed by atoms with Crippen LogP contribution in [0.4, 0.5) is 0 Å². The molecule has 1 atom stereocenters. The highest BCUT2D eigenvalue weighted by Crippen LogP contribution is 2.27. The number of carbonyl (C=O) groups excluding carboxylic acids is 1. The van der Waals surface area contributed by atoms with Crippen LogP contribution < -0.4 is 5.32 Å². The lowest BCUT2D eigenvalue weighted by atomic mass is 9.97. The lowest BCUT2D eigenvalue weighted by Gasteiger charge is -2.14. The third kappa shape index (κ3) is 4.38. The van der Waals surface area contributed by atoms with Crippen LogP contribution in [0.1, 0.15) is 30.8 Å². The predicted octanol–water partition coefficient (Wildman–Crippen LogP) is 3.35. The second-order valence-electron chi connectivity index (χ2n) is 5.39. The first-order valence-electron chi connectivity index (χ1n) is 6.97. The molecule has 0 aliphatic rings. The van der Waals surface area contributed by atoms with Gasteiger partial charge in [-0.3, -0.25) is 9.59 Å². The zero-order valence-corrected chi connectivity index (χ0v) is 14.0. The van der Waals surface area contributed by atoms with Crippen LogP contribution in [0.25, 0.3) is 9.88 Å². The van der Waals surface area contributed by atoms with E-state index in [0.29, 0.717) is 12.1 Å². The summed E-state index contributed by atoms with van der Waals surface area (Å²) in [5.41, 5.74) is 0.335. The number of nitrogens with zero attached hydrogens (tertiary/aromatic N) is 1. The van der Waals surface area contributed by atoms with Gasteiger partial charge in [-0.2, -0.15) is 0 Å². The van der Waals surface area contributed by atoms with E-state index in [1.54, 1.807) is 16.7 Å². The van der Waals surface area contributed by atoms with E-state index in [1.807, 2.05) is 31.4 Å². The van der Waals surface area contributed by atoms with Crippen molar-refractivity contribution < 1.29 is 14.7 Å². The molecule has 0 bridgehead atoms. The van der Waals surface area contributed by atoms with Gasteiger partial charge in [-0.05, 0) is 23.8 Å². The van der Waals surface area contributed by atoms with Gasteiger partial charge in [0.05, 0.1) is 10.8 Å². The first-order valence-corrected chi connectivity index (χ1v) is 8.73. The standard InChI is InChI=1S/C15H18N2O3S2/c1-9(2)6-10(15(19)20)7-16-13(18)11-8-22-14(17-11)12-4-3-5-21-12/h3-5,8-10H,6-7H2,1-2H3,(H,16,18)(H,19,20). The van der Waals surface area contributed by atoms with Crippen molar-refractivity contribution in [2.24, 2.45) is 11.8 Å². The summed E-state index contributed by atoms with van der Waals surface area (Å²) in [5.74, 6) is -1.51. The molecule has 5 nitrogen and oxygen atoms in total. The third-order valence-corrected chi connectivity index (χ3v) is 4.96. The van der Waals surface area contributed by atoms with Crippen molar-refractivity contribution in [3.63, 3.8) is 0 Å². The van der Waals surface area contributed by atoms with Crippen LogP contribution in [0.15, 0.2) is 22.9 Å². The third-order valence-electron chi connectivity index (χ3n) is 3.08. The van der Waals surface area contributed by atoms with Crippen molar-refractivity contribution in [1.82, 2.24) is 10.3 Å². The Morgan fingerprint density at radius 2 is 2.14 bits per heavy atom. The van der Waals surface area contributed by atoms with Gasteiger partial charge in [0.1, 0.15) is 10.7 Å². The quantitative estimate of drug-likeness (QED) is 0.811. The molecule has 2 rings (SSSR count). The van der Waals surface area contributed by atoms with E-state index in [1.165, 1.54) is 11.3 Å². The summed E-state index contributed by atoms with van der Waals surface area (Å²) in [7, 11) is 0. The molecule has 0 saturated heterocycles. The summed E-state index contributed by atoms with van der Waals surface area (Å²) >= 11 is 2.98. The van der Waals surface area contributed by atoms with E-state index >= 15 is 0 Å². The summed E-state index contributed by atoms with van der Waals surface area (Å²) in [6.45, 7) is 4.05. The Morgan fingerprint density at radius 3 is 2.73 bits per heavy atom. The molecule has 118 valence electrons. The fourth-order valence-corrected chi connectivity index (χ4v) is 3.65. The molecule has 7 heteroatoms. The number of hydrogen-bond acceptors (Lipinski definition) is 5. The maximum absolute atomic E-state index is 12.1. The molecule has 2 N–H and O–H groups in total. The topological polar surface area (TPSA) is 79.3 Å². The number of amides is 1. The number of aromatic nitrogens is 1. The lowest BCUT2D eigenvalue weighted by Crippen LogP contribution is -2.33. The number of thiophene rings is 1. The summed E-state index contributed by atoms with van der Waals surface area (Å²) in [6.07, 6.45) is 0.535. The number of thiazole rings is 1. The van der Waals surface area contributed by atoms with Gasteiger partial charge in [-0.15, -0.1) is 22.7 Å². The molecular weight excluding hydrogens is 320 g/mol. The Bertz CT molecular complexity index is 635. The van der Waals surface area contributed by atoms with Gasteiger partial charge in [-0.1, -0.05) is 19.9 Å². The van der Waals surface area contributed by atoms with E-state index in [0.717, 1.165) is 9.88 Å². The van der Waals surface area contributed by atoms with Crippen molar-refractivity contribution in [2.75, 3.05) is 6.54 Å². The van der Waals surface area contributed by atoms with Crippen LogP contribution in [0.2, 0.25) is 0 Å².